The van der Waals surface area contributed by atoms with Crippen molar-refractivity contribution in [2.24, 2.45) is 0 Å². The molecule has 39 heavy (non-hydrogen) atoms. The lowest BCUT2D eigenvalue weighted by molar-refractivity contribution is -0.112. The Morgan fingerprint density at radius 1 is 0.923 bits per heavy atom. The zero-order chi connectivity index (χ0) is 27.3. The molecule has 200 valence electrons. The van der Waals surface area contributed by atoms with Crippen molar-refractivity contribution >= 4 is 44.0 Å². The molecule has 1 aromatic heterocycles. The molecule has 0 radical (unpaired) electrons. The molecular formula is C31H31N3O4S. The first-order chi connectivity index (χ1) is 18.8. The third-order valence-corrected chi connectivity index (χ3v) is 9.60. The molecule has 0 bridgehead atoms. The first-order valence-electron chi connectivity index (χ1n) is 13.2. The Hall–Kier alpha value is -3.72. The lowest BCUT2D eigenvalue weighted by Gasteiger charge is -2.26. The minimum absolute atomic E-state index is 0.121. The van der Waals surface area contributed by atoms with E-state index in [9.17, 15) is 13.2 Å². The molecule has 0 spiro atoms. The predicted octanol–water partition coefficient (Wildman–Crippen LogP) is 5.18. The molecule has 1 saturated heterocycles. The van der Waals surface area contributed by atoms with Gasteiger partial charge in [-0.15, -0.1) is 0 Å². The standard InChI is InChI=1S/C31H31N3O4S/c1-4-33-30-12-11-27(39(36,37)32-13-15-38-16-14-32)20-28(30)29(31(33)35)19-25-17-21(2)34(22(25)3)26-10-9-23-7-5-6-8-24(23)18-26/h5-12,17-20H,4,13-16H2,1-3H3/b29-19-. The van der Waals surface area contributed by atoms with Crippen LogP contribution in [0.5, 0.6) is 0 Å². The van der Waals surface area contributed by atoms with E-state index in [-0.39, 0.29) is 10.8 Å². The van der Waals surface area contributed by atoms with Crippen molar-refractivity contribution < 1.29 is 17.9 Å². The van der Waals surface area contributed by atoms with Gasteiger partial charge < -0.3 is 14.2 Å². The molecule has 0 unspecified atom stereocenters. The average Bonchev–Trinajstić information content (AvgIpc) is 3.39. The molecule has 6 rings (SSSR count). The lowest BCUT2D eigenvalue weighted by Crippen LogP contribution is -2.40. The molecule has 0 atom stereocenters. The number of aromatic nitrogens is 1. The number of benzene rings is 3. The number of fused-ring (bicyclic) bond motifs is 2. The van der Waals surface area contributed by atoms with Gasteiger partial charge in [-0.2, -0.15) is 4.31 Å². The molecule has 0 aliphatic carbocycles. The third kappa shape index (κ3) is 4.29. The molecule has 4 aromatic rings. The van der Waals surface area contributed by atoms with Crippen LogP contribution < -0.4 is 4.90 Å². The number of hydrogen-bond donors (Lipinski definition) is 0. The van der Waals surface area contributed by atoms with E-state index in [1.165, 1.54) is 9.69 Å². The lowest BCUT2D eigenvalue weighted by atomic mass is 10.0. The molecule has 8 heteroatoms. The van der Waals surface area contributed by atoms with Crippen LogP contribution >= 0.6 is 0 Å². The molecule has 3 aromatic carbocycles. The molecule has 1 fully saturated rings. The van der Waals surface area contributed by atoms with Gasteiger partial charge >= 0.3 is 0 Å². The summed E-state index contributed by atoms with van der Waals surface area (Å²) in [4.78, 5) is 15.5. The summed E-state index contributed by atoms with van der Waals surface area (Å²) in [6.07, 6.45) is 1.90. The highest BCUT2D eigenvalue weighted by molar-refractivity contribution is 7.89. The summed E-state index contributed by atoms with van der Waals surface area (Å²) in [6.45, 7) is 7.93. The molecular weight excluding hydrogens is 510 g/mol. The van der Waals surface area contributed by atoms with Gasteiger partial charge in [0.05, 0.1) is 23.8 Å². The number of hydrogen-bond acceptors (Lipinski definition) is 4. The van der Waals surface area contributed by atoms with Crippen LogP contribution in [0.3, 0.4) is 0 Å². The fourth-order valence-corrected chi connectivity index (χ4v) is 7.12. The monoisotopic (exact) mass is 541 g/mol. The normalized spacial score (nSPS) is 17.4. The van der Waals surface area contributed by atoms with E-state index in [0.717, 1.165) is 33.7 Å². The summed E-state index contributed by atoms with van der Waals surface area (Å²) in [5.41, 5.74) is 5.93. The van der Waals surface area contributed by atoms with Gasteiger partial charge in [0, 0.05) is 47.8 Å². The SMILES string of the molecule is CCN1C(=O)/C(=C\c2cc(C)n(-c3ccc4ccccc4c3)c2C)c2cc(S(=O)(=O)N3CCOCC3)ccc21. The Balaban J connectivity index is 1.44. The molecule has 2 aliphatic rings. The minimum atomic E-state index is -3.69. The van der Waals surface area contributed by atoms with Crippen LogP contribution in [0.15, 0.2) is 71.6 Å². The van der Waals surface area contributed by atoms with Gasteiger partial charge in [-0.3, -0.25) is 4.79 Å². The summed E-state index contributed by atoms with van der Waals surface area (Å²) in [7, 11) is -3.69. The van der Waals surface area contributed by atoms with Gasteiger partial charge in [-0.1, -0.05) is 30.3 Å². The van der Waals surface area contributed by atoms with Crippen molar-refractivity contribution in [3.8, 4) is 5.69 Å². The van der Waals surface area contributed by atoms with Gasteiger partial charge in [0.25, 0.3) is 5.91 Å². The Morgan fingerprint density at radius 2 is 1.67 bits per heavy atom. The van der Waals surface area contributed by atoms with Crippen LogP contribution in [0, 0.1) is 13.8 Å². The average molecular weight is 542 g/mol. The van der Waals surface area contributed by atoms with Crippen LogP contribution in [0.4, 0.5) is 5.69 Å². The highest BCUT2D eigenvalue weighted by Crippen LogP contribution is 2.40. The fourth-order valence-electron chi connectivity index (χ4n) is 5.69. The van der Waals surface area contributed by atoms with E-state index >= 15 is 0 Å². The second-order valence-corrected chi connectivity index (χ2v) is 11.9. The molecule has 7 nitrogen and oxygen atoms in total. The summed E-state index contributed by atoms with van der Waals surface area (Å²) in [5.74, 6) is -0.121. The summed E-state index contributed by atoms with van der Waals surface area (Å²) < 4.78 is 35.8. The number of ether oxygens (including phenoxy) is 1. The molecule has 1 amide bonds. The van der Waals surface area contributed by atoms with Crippen molar-refractivity contribution in [1.82, 2.24) is 8.87 Å². The fraction of sp³-hybridized carbons (Fsp3) is 0.258. The first-order valence-corrected chi connectivity index (χ1v) is 14.7. The second-order valence-electron chi connectivity index (χ2n) is 10.00. The number of aryl methyl sites for hydroxylation is 1. The molecule has 2 aliphatic heterocycles. The maximum Gasteiger partial charge on any atom is 0.258 e. The van der Waals surface area contributed by atoms with Crippen LogP contribution in [-0.2, 0) is 19.6 Å². The van der Waals surface area contributed by atoms with Crippen molar-refractivity contribution in [3.05, 3.63) is 89.2 Å². The molecule has 0 N–H and O–H groups in total. The van der Waals surface area contributed by atoms with E-state index in [4.69, 9.17) is 4.74 Å². The third-order valence-electron chi connectivity index (χ3n) is 7.71. The predicted molar refractivity (Wildman–Crippen MR) is 155 cm³/mol. The van der Waals surface area contributed by atoms with Crippen molar-refractivity contribution in [2.75, 3.05) is 37.7 Å². The Bertz CT molecular complexity index is 1750. The molecule has 3 heterocycles. The van der Waals surface area contributed by atoms with E-state index in [1.54, 1.807) is 23.1 Å². The van der Waals surface area contributed by atoms with Gasteiger partial charge in [-0.25, -0.2) is 8.42 Å². The van der Waals surface area contributed by atoms with Crippen LogP contribution in [0.25, 0.3) is 28.1 Å². The van der Waals surface area contributed by atoms with Crippen LogP contribution in [0.1, 0.15) is 29.4 Å². The number of likely N-dealkylation sites (N-methyl/N-ethyl adjacent to an activating group) is 1. The quantitative estimate of drug-likeness (QED) is 0.327. The number of amides is 1. The summed E-state index contributed by atoms with van der Waals surface area (Å²) in [5, 5.41) is 2.34. The topological polar surface area (TPSA) is 71.9 Å². The summed E-state index contributed by atoms with van der Waals surface area (Å²) >= 11 is 0. The van der Waals surface area contributed by atoms with E-state index in [2.05, 4.69) is 47.9 Å². The smallest absolute Gasteiger partial charge is 0.258 e. The maximum atomic E-state index is 13.6. The number of rotatable bonds is 5. The number of nitrogens with zero attached hydrogens (tertiary/aromatic N) is 3. The second kappa shape index (κ2) is 9.79. The summed E-state index contributed by atoms with van der Waals surface area (Å²) in [6, 6.07) is 21.8. The Kier molecular flexibility index (Phi) is 6.41. The van der Waals surface area contributed by atoms with E-state index in [1.807, 2.05) is 32.1 Å². The minimum Gasteiger partial charge on any atom is -0.379 e. The first kappa shape index (κ1) is 25.6. The highest BCUT2D eigenvalue weighted by Gasteiger charge is 2.34. The Labute approximate surface area is 229 Å². The maximum absolute atomic E-state index is 13.6. The molecule has 0 saturated carbocycles. The largest absolute Gasteiger partial charge is 0.379 e. The highest BCUT2D eigenvalue weighted by atomic mass is 32.2. The number of carbonyl (C=O) groups excluding carboxylic acids is 1. The van der Waals surface area contributed by atoms with E-state index < -0.39 is 10.0 Å². The van der Waals surface area contributed by atoms with Crippen LogP contribution in [0.2, 0.25) is 0 Å². The Morgan fingerprint density at radius 3 is 2.41 bits per heavy atom. The van der Waals surface area contributed by atoms with Crippen molar-refractivity contribution in [2.45, 2.75) is 25.7 Å². The van der Waals surface area contributed by atoms with Gasteiger partial charge in [0.15, 0.2) is 0 Å². The van der Waals surface area contributed by atoms with Crippen molar-refractivity contribution in [1.29, 1.82) is 0 Å². The zero-order valence-corrected chi connectivity index (χ0v) is 23.2. The number of carbonyl (C=O) groups is 1. The van der Waals surface area contributed by atoms with Gasteiger partial charge in [-0.05, 0) is 79.6 Å². The number of sulfonamides is 1. The number of anilines is 1. The van der Waals surface area contributed by atoms with E-state index in [0.29, 0.717) is 44.0 Å². The van der Waals surface area contributed by atoms with Crippen molar-refractivity contribution in [3.63, 3.8) is 0 Å². The number of morpholine rings is 1. The zero-order valence-electron chi connectivity index (χ0n) is 22.3. The van der Waals surface area contributed by atoms with Crippen LogP contribution in [-0.4, -0.2) is 56.0 Å². The van der Waals surface area contributed by atoms with Gasteiger partial charge in [0.1, 0.15) is 0 Å². The van der Waals surface area contributed by atoms with Gasteiger partial charge in [0.2, 0.25) is 10.0 Å².